The van der Waals surface area contributed by atoms with Crippen LogP contribution in [0.1, 0.15) is 28.4 Å². The Hall–Kier alpha value is -1.53. The van der Waals surface area contributed by atoms with Crippen LogP contribution < -0.4 is 0 Å². The zero-order valence-electron chi connectivity index (χ0n) is 8.50. The standard InChI is InChI=1S/C11H10ClNO2/c1-3-7-9(6-13)8(11(14)15-2)4-5-10(7)12/h4-5H,3H2,1-2H3. The van der Waals surface area contributed by atoms with Crippen molar-refractivity contribution in [2.45, 2.75) is 13.3 Å². The van der Waals surface area contributed by atoms with Gasteiger partial charge in [-0.3, -0.25) is 0 Å². The average Bonchev–Trinajstić information content (AvgIpc) is 2.27. The SMILES string of the molecule is CCc1c(Cl)ccc(C(=O)OC)c1C#N. The summed E-state index contributed by atoms with van der Waals surface area (Å²) >= 11 is 5.92. The highest BCUT2D eigenvalue weighted by atomic mass is 35.5. The molecule has 0 saturated carbocycles. The summed E-state index contributed by atoms with van der Waals surface area (Å²) in [6.07, 6.45) is 0.604. The van der Waals surface area contributed by atoms with Crippen molar-refractivity contribution in [1.82, 2.24) is 0 Å². The first-order valence-electron chi connectivity index (χ1n) is 4.45. The molecule has 0 bridgehead atoms. The third-order valence-corrected chi connectivity index (χ3v) is 2.48. The molecule has 0 unspecified atom stereocenters. The molecule has 0 amide bonds. The van der Waals surface area contributed by atoms with Gasteiger partial charge in [0.05, 0.1) is 18.2 Å². The summed E-state index contributed by atoms with van der Waals surface area (Å²) in [4.78, 5) is 11.4. The van der Waals surface area contributed by atoms with Crippen LogP contribution in [-0.2, 0) is 11.2 Å². The average molecular weight is 224 g/mol. The largest absolute Gasteiger partial charge is 0.465 e. The van der Waals surface area contributed by atoms with Crippen molar-refractivity contribution in [2.75, 3.05) is 7.11 Å². The van der Waals surface area contributed by atoms with E-state index < -0.39 is 5.97 Å². The van der Waals surface area contributed by atoms with E-state index >= 15 is 0 Å². The van der Waals surface area contributed by atoms with Crippen molar-refractivity contribution >= 4 is 17.6 Å². The molecule has 1 aromatic carbocycles. The second-order valence-electron chi connectivity index (χ2n) is 2.91. The maximum Gasteiger partial charge on any atom is 0.339 e. The Bertz CT molecular complexity index is 435. The van der Waals surface area contributed by atoms with Crippen molar-refractivity contribution in [3.8, 4) is 6.07 Å². The van der Waals surface area contributed by atoms with Gasteiger partial charge in [-0.1, -0.05) is 18.5 Å². The summed E-state index contributed by atoms with van der Waals surface area (Å²) in [5.41, 5.74) is 1.25. The highest BCUT2D eigenvalue weighted by Crippen LogP contribution is 2.24. The van der Waals surface area contributed by atoms with Crippen LogP contribution in [0, 0.1) is 11.3 Å². The van der Waals surface area contributed by atoms with Crippen molar-refractivity contribution in [1.29, 1.82) is 5.26 Å². The molecule has 0 aromatic heterocycles. The molecule has 15 heavy (non-hydrogen) atoms. The molecule has 0 aliphatic heterocycles. The molecule has 0 aliphatic rings. The molecule has 1 aromatic rings. The summed E-state index contributed by atoms with van der Waals surface area (Å²) in [5, 5.41) is 9.48. The monoisotopic (exact) mass is 223 g/mol. The maximum absolute atomic E-state index is 11.4. The minimum Gasteiger partial charge on any atom is -0.465 e. The number of hydrogen-bond donors (Lipinski definition) is 0. The van der Waals surface area contributed by atoms with Crippen molar-refractivity contribution < 1.29 is 9.53 Å². The molecular formula is C11H10ClNO2. The molecule has 0 saturated heterocycles. The Kier molecular flexibility index (Phi) is 3.70. The lowest BCUT2D eigenvalue weighted by Gasteiger charge is -2.07. The topological polar surface area (TPSA) is 50.1 Å². The van der Waals surface area contributed by atoms with Gasteiger partial charge >= 0.3 is 5.97 Å². The molecular weight excluding hydrogens is 214 g/mol. The van der Waals surface area contributed by atoms with Crippen LogP contribution in [0.4, 0.5) is 0 Å². The summed E-state index contributed by atoms with van der Waals surface area (Å²) in [5.74, 6) is -0.516. The van der Waals surface area contributed by atoms with E-state index in [0.29, 0.717) is 22.6 Å². The van der Waals surface area contributed by atoms with Crippen LogP contribution in [0.5, 0.6) is 0 Å². The van der Waals surface area contributed by atoms with Gasteiger partial charge in [-0.05, 0) is 24.1 Å². The molecule has 0 fully saturated rings. The second kappa shape index (κ2) is 4.81. The molecule has 1 rings (SSSR count). The van der Waals surface area contributed by atoms with E-state index in [9.17, 15) is 4.79 Å². The minimum atomic E-state index is -0.516. The second-order valence-corrected chi connectivity index (χ2v) is 3.31. The molecule has 0 spiro atoms. The third kappa shape index (κ3) is 2.11. The van der Waals surface area contributed by atoms with E-state index in [-0.39, 0.29) is 5.56 Å². The predicted octanol–water partition coefficient (Wildman–Crippen LogP) is 2.56. The fraction of sp³-hybridized carbons (Fsp3) is 0.273. The smallest absolute Gasteiger partial charge is 0.339 e. The van der Waals surface area contributed by atoms with Crippen LogP contribution in [0.3, 0.4) is 0 Å². The lowest BCUT2D eigenvalue weighted by atomic mass is 10.0. The quantitative estimate of drug-likeness (QED) is 0.724. The molecule has 0 atom stereocenters. The number of esters is 1. The number of carbonyl (C=O) groups is 1. The Morgan fingerprint density at radius 1 is 1.60 bits per heavy atom. The zero-order valence-corrected chi connectivity index (χ0v) is 9.26. The van der Waals surface area contributed by atoms with Crippen LogP contribution in [0.25, 0.3) is 0 Å². The number of nitrogens with zero attached hydrogens (tertiary/aromatic N) is 1. The van der Waals surface area contributed by atoms with Crippen molar-refractivity contribution in [3.05, 3.63) is 33.8 Å². The molecule has 0 radical (unpaired) electrons. The highest BCUT2D eigenvalue weighted by Gasteiger charge is 2.16. The number of ether oxygens (including phenoxy) is 1. The minimum absolute atomic E-state index is 0.265. The number of methoxy groups -OCH3 is 1. The number of halogens is 1. The Morgan fingerprint density at radius 3 is 2.73 bits per heavy atom. The number of carbonyl (C=O) groups excluding carboxylic acids is 1. The van der Waals surface area contributed by atoms with Gasteiger partial charge in [0.1, 0.15) is 6.07 Å². The summed E-state index contributed by atoms with van der Waals surface area (Å²) in [6.45, 7) is 1.88. The molecule has 4 heteroatoms. The fourth-order valence-electron chi connectivity index (χ4n) is 1.38. The normalized spacial score (nSPS) is 9.47. The zero-order chi connectivity index (χ0) is 11.4. The van der Waals surface area contributed by atoms with E-state index in [1.807, 2.05) is 13.0 Å². The van der Waals surface area contributed by atoms with E-state index in [2.05, 4.69) is 4.74 Å². The Morgan fingerprint density at radius 2 is 2.27 bits per heavy atom. The van der Waals surface area contributed by atoms with Crippen LogP contribution in [0.2, 0.25) is 5.02 Å². The van der Waals surface area contributed by atoms with Gasteiger partial charge in [0.2, 0.25) is 0 Å². The van der Waals surface area contributed by atoms with Gasteiger partial charge in [0.25, 0.3) is 0 Å². The fourth-order valence-corrected chi connectivity index (χ4v) is 1.67. The predicted molar refractivity (Wildman–Crippen MR) is 56.9 cm³/mol. The third-order valence-electron chi connectivity index (χ3n) is 2.13. The lowest BCUT2D eigenvalue weighted by Crippen LogP contribution is -2.06. The number of hydrogen-bond acceptors (Lipinski definition) is 3. The summed E-state index contributed by atoms with van der Waals surface area (Å²) in [7, 11) is 1.28. The maximum atomic E-state index is 11.4. The first-order valence-corrected chi connectivity index (χ1v) is 4.83. The van der Waals surface area contributed by atoms with Gasteiger partial charge in [0.15, 0.2) is 0 Å². The van der Waals surface area contributed by atoms with Gasteiger partial charge < -0.3 is 4.74 Å². The van der Waals surface area contributed by atoms with Crippen LogP contribution >= 0.6 is 11.6 Å². The number of benzene rings is 1. The van der Waals surface area contributed by atoms with Crippen LogP contribution in [0.15, 0.2) is 12.1 Å². The molecule has 3 nitrogen and oxygen atoms in total. The lowest BCUT2D eigenvalue weighted by molar-refractivity contribution is 0.0600. The van der Waals surface area contributed by atoms with E-state index in [1.54, 1.807) is 6.07 Å². The Labute approximate surface area is 93.2 Å². The van der Waals surface area contributed by atoms with Crippen molar-refractivity contribution in [3.63, 3.8) is 0 Å². The Balaban J connectivity index is 3.43. The summed E-state index contributed by atoms with van der Waals surface area (Å²) < 4.78 is 4.58. The van der Waals surface area contributed by atoms with E-state index in [4.69, 9.17) is 16.9 Å². The van der Waals surface area contributed by atoms with E-state index in [1.165, 1.54) is 13.2 Å². The van der Waals surface area contributed by atoms with E-state index in [0.717, 1.165) is 0 Å². The van der Waals surface area contributed by atoms with Crippen LogP contribution in [-0.4, -0.2) is 13.1 Å². The number of nitriles is 1. The van der Waals surface area contributed by atoms with Gasteiger partial charge in [-0.15, -0.1) is 0 Å². The molecule has 78 valence electrons. The van der Waals surface area contributed by atoms with Gasteiger partial charge in [-0.25, -0.2) is 4.79 Å². The highest BCUT2D eigenvalue weighted by molar-refractivity contribution is 6.31. The molecule has 0 aliphatic carbocycles. The van der Waals surface area contributed by atoms with Gasteiger partial charge in [-0.2, -0.15) is 5.26 Å². The molecule has 0 heterocycles. The number of rotatable bonds is 2. The van der Waals surface area contributed by atoms with Gasteiger partial charge in [0, 0.05) is 5.02 Å². The first-order chi connectivity index (χ1) is 7.15. The molecule has 0 N–H and O–H groups in total. The first kappa shape index (κ1) is 11.5. The van der Waals surface area contributed by atoms with Crippen molar-refractivity contribution in [2.24, 2.45) is 0 Å². The summed E-state index contributed by atoms with van der Waals surface area (Å²) in [6, 6.07) is 5.10.